The van der Waals surface area contributed by atoms with E-state index in [1.807, 2.05) is 32.9 Å². The monoisotopic (exact) mass is 319 g/mol. The Balaban J connectivity index is 1.89. The van der Waals surface area contributed by atoms with Gasteiger partial charge in [-0.25, -0.2) is 4.79 Å². The number of benzene rings is 1. The topological polar surface area (TPSA) is 61.9 Å². The van der Waals surface area contributed by atoms with Gasteiger partial charge in [0, 0.05) is 37.8 Å². The standard InChI is InChI=1S/C17H25N3O3/c1-4-23-15-7-5-14(6-8-15)16(21)19-9-11-20(12-10-19)17(22)18-13(2)3/h5-8,13H,4,9-12H2,1-3H3,(H,18,22). The van der Waals surface area contributed by atoms with E-state index in [1.54, 1.807) is 21.9 Å². The fourth-order valence-corrected chi connectivity index (χ4v) is 2.49. The molecule has 23 heavy (non-hydrogen) atoms. The van der Waals surface area contributed by atoms with Crippen LogP contribution < -0.4 is 10.1 Å². The van der Waals surface area contributed by atoms with Gasteiger partial charge in [-0.3, -0.25) is 4.79 Å². The summed E-state index contributed by atoms with van der Waals surface area (Å²) in [6.07, 6.45) is 0. The lowest BCUT2D eigenvalue weighted by atomic mass is 10.1. The van der Waals surface area contributed by atoms with Gasteiger partial charge in [0.15, 0.2) is 0 Å². The van der Waals surface area contributed by atoms with E-state index in [0.717, 1.165) is 5.75 Å². The van der Waals surface area contributed by atoms with Crippen LogP contribution >= 0.6 is 0 Å². The van der Waals surface area contributed by atoms with Crippen LogP contribution in [0.2, 0.25) is 0 Å². The van der Waals surface area contributed by atoms with Crippen LogP contribution in [0.3, 0.4) is 0 Å². The predicted octanol–water partition coefficient (Wildman–Crippen LogP) is 1.96. The number of nitrogens with one attached hydrogen (secondary N) is 1. The predicted molar refractivity (Wildman–Crippen MR) is 88.8 cm³/mol. The van der Waals surface area contributed by atoms with Crippen LogP contribution in [0.4, 0.5) is 4.79 Å². The van der Waals surface area contributed by atoms with Gasteiger partial charge >= 0.3 is 6.03 Å². The number of urea groups is 1. The molecule has 0 atom stereocenters. The molecule has 1 aliphatic heterocycles. The van der Waals surface area contributed by atoms with Crippen molar-refractivity contribution in [1.82, 2.24) is 15.1 Å². The molecule has 6 heteroatoms. The van der Waals surface area contributed by atoms with Gasteiger partial charge in [-0.05, 0) is 45.0 Å². The summed E-state index contributed by atoms with van der Waals surface area (Å²) in [6.45, 7) is 8.62. The molecule has 126 valence electrons. The second kappa shape index (κ2) is 7.85. The molecule has 0 aromatic heterocycles. The summed E-state index contributed by atoms with van der Waals surface area (Å²) in [4.78, 5) is 28.0. The Hall–Kier alpha value is -2.24. The number of rotatable bonds is 4. The zero-order valence-corrected chi connectivity index (χ0v) is 14.0. The first-order valence-electron chi connectivity index (χ1n) is 8.09. The molecule has 1 aromatic carbocycles. The fraction of sp³-hybridized carbons (Fsp3) is 0.529. The number of amides is 3. The summed E-state index contributed by atoms with van der Waals surface area (Å²) in [6, 6.07) is 7.24. The van der Waals surface area contributed by atoms with E-state index in [9.17, 15) is 9.59 Å². The highest BCUT2D eigenvalue weighted by Crippen LogP contribution is 2.15. The van der Waals surface area contributed by atoms with Gasteiger partial charge in [0.05, 0.1) is 6.61 Å². The zero-order chi connectivity index (χ0) is 16.8. The van der Waals surface area contributed by atoms with E-state index >= 15 is 0 Å². The summed E-state index contributed by atoms with van der Waals surface area (Å²) in [5.74, 6) is 0.760. The van der Waals surface area contributed by atoms with Gasteiger partial charge in [-0.1, -0.05) is 0 Å². The van der Waals surface area contributed by atoms with Crippen LogP contribution in [0.1, 0.15) is 31.1 Å². The van der Waals surface area contributed by atoms with Gasteiger partial charge in [0.25, 0.3) is 5.91 Å². The number of hydrogen-bond acceptors (Lipinski definition) is 3. The molecule has 1 saturated heterocycles. The number of nitrogens with zero attached hydrogens (tertiary/aromatic N) is 2. The first-order valence-corrected chi connectivity index (χ1v) is 8.09. The molecular weight excluding hydrogens is 294 g/mol. The Bertz CT molecular complexity index is 535. The lowest BCUT2D eigenvalue weighted by Gasteiger charge is -2.35. The molecule has 1 fully saturated rings. The third kappa shape index (κ3) is 4.61. The van der Waals surface area contributed by atoms with Crippen LogP contribution in [-0.2, 0) is 0 Å². The molecule has 0 aliphatic carbocycles. The molecule has 3 amide bonds. The van der Waals surface area contributed by atoms with Crippen molar-refractivity contribution in [3.8, 4) is 5.75 Å². The lowest BCUT2D eigenvalue weighted by molar-refractivity contribution is 0.0664. The third-order valence-corrected chi connectivity index (χ3v) is 3.68. The second-order valence-electron chi connectivity index (χ2n) is 5.84. The molecule has 6 nitrogen and oxygen atoms in total. The van der Waals surface area contributed by atoms with Crippen LogP contribution in [0.25, 0.3) is 0 Å². The fourth-order valence-electron chi connectivity index (χ4n) is 2.49. The van der Waals surface area contributed by atoms with Crippen molar-refractivity contribution in [2.75, 3.05) is 32.8 Å². The van der Waals surface area contributed by atoms with E-state index in [0.29, 0.717) is 38.3 Å². The maximum absolute atomic E-state index is 12.5. The smallest absolute Gasteiger partial charge is 0.317 e. The summed E-state index contributed by atoms with van der Waals surface area (Å²) >= 11 is 0. The highest BCUT2D eigenvalue weighted by Gasteiger charge is 2.25. The third-order valence-electron chi connectivity index (χ3n) is 3.68. The van der Waals surface area contributed by atoms with Gasteiger partial charge in [-0.2, -0.15) is 0 Å². The van der Waals surface area contributed by atoms with Crippen molar-refractivity contribution in [3.63, 3.8) is 0 Å². The van der Waals surface area contributed by atoms with Crippen LogP contribution in [0.15, 0.2) is 24.3 Å². The van der Waals surface area contributed by atoms with Crippen molar-refractivity contribution < 1.29 is 14.3 Å². The summed E-state index contributed by atoms with van der Waals surface area (Å²) < 4.78 is 5.38. The first-order chi connectivity index (χ1) is 11.0. The van der Waals surface area contributed by atoms with Crippen molar-refractivity contribution in [1.29, 1.82) is 0 Å². The number of ether oxygens (including phenoxy) is 1. The Morgan fingerprint density at radius 1 is 1.09 bits per heavy atom. The van der Waals surface area contributed by atoms with Crippen LogP contribution in [0, 0.1) is 0 Å². The molecule has 0 spiro atoms. The second-order valence-corrected chi connectivity index (χ2v) is 5.84. The first kappa shape index (κ1) is 17.1. The molecule has 1 aliphatic rings. The Kier molecular flexibility index (Phi) is 5.84. The molecule has 1 heterocycles. The molecule has 1 aromatic rings. The normalized spacial score (nSPS) is 14.8. The van der Waals surface area contributed by atoms with Crippen molar-refractivity contribution in [3.05, 3.63) is 29.8 Å². The Labute approximate surface area is 137 Å². The summed E-state index contributed by atoms with van der Waals surface area (Å²) in [5, 5.41) is 2.88. The van der Waals surface area contributed by atoms with Crippen LogP contribution in [-0.4, -0.2) is 60.6 Å². The van der Waals surface area contributed by atoms with Gasteiger partial charge < -0.3 is 19.9 Å². The van der Waals surface area contributed by atoms with Crippen LogP contribution in [0.5, 0.6) is 5.75 Å². The number of hydrogen-bond donors (Lipinski definition) is 1. The minimum Gasteiger partial charge on any atom is -0.494 e. The molecule has 0 saturated carbocycles. The van der Waals surface area contributed by atoms with E-state index in [2.05, 4.69) is 5.32 Å². The minimum atomic E-state index is -0.0619. The maximum atomic E-state index is 12.5. The van der Waals surface area contributed by atoms with Crippen molar-refractivity contribution >= 4 is 11.9 Å². The van der Waals surface area contributed by atoms with Crippen molar-refractivity contribution in [2.45, 2.75) is 26.8 Å². The quantitative estimate of drug-likeness (QED) is 0.923. The minimum absolute atomic E-state index is 0.00281. The Morgan fingerprint density at radius 3 is 2.17 bits per heavy atom. The molecular formula is C17H25N3O3. The average Bonchev–Trinajstić information content (AvgIpc) is 2.55. The largest absolute Gasteiger partial charge is 0.494 e. The number of carbonyl (C=O) groups is 2. The molecule has 0 unspecified atom stereocenters. The molecule has 0 bridgehead atoms. The zero-order valence-electron chi connectivity index (χ0n) is 14.0. The highest BCUT2D eigenvalue weighted by molar-refractivity contribution is 5.94. The Morgan fingerprint density at radius 2 is 1.65 bits per heavy atom. The highest BCUT2D eigenvalue weighted by atomic mass is 16.5. The molecule has 0 radical (unpaired) electrons. The van der Waals surface area contributed by atoms with E-state index < -0.39 is 0 Å². The summed E-state index contributed by atoms with van der Waals surface area (Å²) in [5.41, 5.74) is 0.647. The number of piperazine rings is 1. The van der Waals surface area contributed by atoms with E-state index in [-0.39, 0.29) is 18.0 Å². The van der Waals surface area contributed by atoms with Gasteiger partial charge in [0.2, 0.25) is 0 Å². The average molecular weight is 319 g/mol. The number of carbonyl (C=O) groups excluding carboxylic acids is 2. The van der Waals surface area contributed by atoms with E-state index in [1.165, 1.54) is 0 Å². The summed E-state index contributed by atoms with van der Waals surface area (Å²) in [7, 11) is 0. The molecule has 2 rings (SSSR count). The van der Waals surface area contributed by atoms with Crippen molar-refractivity contribution in [2.24, 2.45) is 0 Å². The SMILES string of the molecule is CCOc1ccc(C(=O)N2CCN(C(=O)NC(C)C)CC2)cc1. The maximum Gasteiger partial charge on any atom is 0.317 e. The molecule has 1 N–H and O–H groups in total. The lowest BCUT2D eigenvalue weighted by Crippen LogP contribution is -2.54. The van der Waals surface area contributed by atoms with Gasteiger partial charge in [-0.15, -0.1) is 0 Å². The van der Waals surface area contributed by atoms with Gasteiger partial charge in [0.1, 0.15) is 5.75 Å². The van der Waals surface area contributed by atoms with E-state index in [4.69, 9.17) is 4.74 Å².